The highest BCUT2D eigenvalue weighted by molar-refractivity contribution is 7.80. The number of rotatable bonds is 8. The Kier molecular flexibility index (Phi) is 8.35. The van der Waals surface area contributed by atoms with E-state index in [1.165, 1.54) is 11.3 Å². The average molecular weight is 468 g/mol. The lowest BCUT2D eigenvalue weighted by atomic mass is 9.80. The average Bonchev–Trinajstić information content (AvgIpc) is 2.73. The number of nitrogens with one attached hydrogen (secondary N) is 2. The highest BCUT2D eigenvalue weighted by Gasteiger charge is 2.38. The molecule has 3 rings (SSSR count). The second kappa shape index (κ2) is 10.8. The summed E-state index contributed by atoms with van der Waals surface area (Å²) in [6.07, 6.45) is 5.82. The molecule has 1 saturated heterocycles. The predicted molar refractivity (Wildman–Crippen MR) is 144 cm³/mol. The topological polar surface area (TPSA) is 43.4 Å². The first-order valence-electron chi connectivity index (χ1n) is 12.2. The van der Waals surface area contributed by atoms with Crippen molar-refractivity contribution in [1.82, 2.24) is 20.5 Å². The van der Waals surface area contributed by atoms with Gasteiger partial charge >= 0.3 is 0 Å². The highest BCUT2D eigenvalue weighted by atomic mass is 32.1. The second-order valence-corrected chi connectivity index (χ2v) is 10.9. The van der Waals surface area contributed by atoms with Crippen molar-refractivity contribution in [2.24, 2.45) is 0 Å². The molecule has 1 aliphatic heterocycles. The van der Waals surface area contributed by atoms with Crippen LogP contribution in [0.4, 0.5) is 5.69 Å². The van der Waals surface area contributed by atoms with Gasteiger partial charge in [-0.25, -0.2) is 0 Å². The number of piperidine rings is 1. The lowest BCUT2D eigenvalue weighted by Crippen LogP contribution is -2.62. The maximum Gasteiger partial charge on any atom is 0.169 e. The van der Waals surface area contributed by atoms with Crippen molar-refractivity contribution >= 4 is 23.0 Å². The van der Waals surface area contributed by atoms with Gasteiger partial charge in [0.2, 0.25) is 0 Å². The summed E-state index contributed by atoms with van der Waals surface area (Å²) in [5, 5.41) is 8.28. The molecule has 33 heavy (non-hydrogen) atoms. The van der Waals surface area contributed by atoms with Crippen LogP contribution in [0.3, 0.4) is 0 Å². The maximum atomic E-state index is 5.98. The van der Waals surface area contributed by atoms with Gasteiger partial charge in [0.05, 0.1) is 0 Å². The standard InChI is InChI=1S/C27H41N5S/c1-7-31(8-2)24-13-11-21(12-14-24)19-32(20-22-10-9-15-28-18-22)25(33)29-23-16-26(3,4)30-27(5,6)17-23/h9-15,18,23,30H,7-8,16-17,19-20H2,1-6H3,(H,29,33). The van der Waals surface area contributed by atoms with Crippen molar-refractivity contribution in [2.45, 2.75) is 84.6 Å². The van der Waals surface area contributed by atoms with E-state index in [1.807, 2.05) is 18.5 Å². The fourth-order valence-corrected chi connectivity index (χ4v) is 5.52. The Morgan fingerprint density at radius 3 is 2.15 bits per heavy atom. The third kappa shape index (κ3) is 7.41. The first kappa shape index (κ1) is 25.4. The molecular formula is C27H41N5S. The summed E-state index contributed by atoms with van der Waals surface area (Å²) in [5.41, 5.74) is 3.83. The first-order valence-corrected chi connectivity index (χ1v) is 12.6. The fraction of sp³-hybridized carbons (Fsp3) is 0.556. The van der Waals surface area contributed by atoms with Gasteiger partial charge in [0.25, 0.3) is 0 Å². The summed E-state index contributed by atoms with van der Waals surface area (Å²) in [4.78, 5) is 8.93. The number of benzene rings is 1. The van der Waals surface area contributed by atoms with Crippen LogP contribution in [-0.4, -0.2) is 45.2 Å². The van der Waals surface area contributed by atoms with E-state index in [1.54, 1.807) is 0 Å². The molecule has 0 amide bonds. The molecule has 0 aliphatic carbocycles. The van der Waals surface area contributed by atoms with Gasteiger partial charge in [-0.05, 0) is 95.9 Å². The van der Waals surface area contributed by atoms with E-state index in [9.17, 15) is 0 Å². The Morgan fingerprint density at radius 1 is 1.00 bits per heavy atom. The number of hydrogen-bond donors (Lipinski definition) is 2. The summed E-state index contributed by atoms with van der Waals surface area (Å²) >= 11 is 5.98. The van der Waals surface area contributed by atoms with Gasteiger partial charge in [-0.15, -0.1) is 0 Å². The molecule has 1 aromatic carbocycles. The Labute approximate surface area is 206 Å². The predicted octanol–water partition coefficient (Wildman–Crippen LogP) is 5.11. The molecule has 0 saturated carbocycles. The number of hydrogen-bond acceptors (Lipinski definition) is 4. The molecule has 6 heteroatoms. The summed E-state index contributed by atoms with van der Waals surface area (Å²) in [5.74, 6) is 0. The van der Waals surface area contributed by atoms with Crippen LogP contribution in [0.2, 0.25) is 0 Å². The van der Waals surface area contributed by atoms with Crippen molar-refractivity contribution in [2.75, 3.05) is 18.0 Å². The Bertz CT molecular complexity index is 874. The van der Waals surface area contributed by atoms with Crippen LogP contribution in [-0.2, 0) is 13.1 Å². The van der Waals surface area contributed by atoms with Crippen molar-refractivity contribution < 1.29 is 0 Å². The molecule has 180 valence electrons. The number of anilines is 1. The monoisotopic (exact) mass is 467 g/mol. The molecule has 0 radical (unpaired) electrons. The summed E-state index contributed by atoms with van der Waals surface area (Å²) in [6, 6.07) is 13.3. The van der Waals surface area contributed by atoms with Crippen molar-refractivity contribution in [1.29, 1.82) is 0 Å². The SMILES string of the molecule is CCN(CC)c1ccc(CN(Cc2cccnc2)C(=S)NC2CC(C)(C)NC(C)(C)C2)cc1. The van der Waals surface area contributed by atoms with Crippen LogP contribution >= 0.6 is 12.2 Å². The largest absolute Gasteiger partial charge is 0.372 e. The van der Waals surface area contributed by atoms with Gasteiger partial charge < -0.3 is 20.4 Å². The minimum Gasteiger partial charge on any atom is -0.372 e. The molecule has 1 aliphatic rings. The third-order valence-electron chi connectivity index (χ3n) is 6.34. The number of aromatic nitrogens is 1. The quantitative estimate of drug-likeness (QED) is 0.526. The Morgan fingerprint density at radius 2 is 1.61 bits per heavy atom. The first-order chi connectivity index (χ1) is 15.6. The molecule has 0 atom stereocenters. The zero-order valence-corrected chi connectivity index (χ0v) is 22.0. The summed E-state index contributed by atoms with van der Waals surface area (Å²) in [7, 11) is 0. The molecule has 2 aromatic rings. The third-order valence-corrected chi connectivity index (χ3v) is 6.72. The molecule has 1 fully saturated rings. The van der Waals surface area contributed by atoms with Gasteiger partial charge in [0.15, 0.2) is 5.11 Å². The van der Waals surface area contributed by atoms with Gasteiger partial charge in [0, 0.05) is 61.4 Å². The van der Waals surface area contributed by atoms with Crippen molar-refractivity contribution in [3.63, 3.8) is 0 Å². The normalized spacial score (nSPS) is 17.4. The van der Waals surface area contributed by atoms with Crippen LogP contribution in [0, 0.1) is 0 Å². The number of pyridine rings is 1. The molecule has 2 N–H and O–H groups in total. The zero-order chi connectivity index (χ0) is 24.1. The molecule has 2 heterocycles. The van der Waals surface area contributed by atoms with Crippen molar-refractivity contribution in [3.05, 3.63) is 59.9 Å². The van der Waals surface area contributed by atoms with Crippen LogP contribution < -0.4 is 15.5 Å². The minimum atomic E-state index is 0.0729. The van der Waals surface area contributed by atoms with Gasteiger partial charge in [0.1, 0.15) is 0 Å². The van der Waals surface area contributed by atoms with Crippen molar-refractivity contribution in [3.8, 4) is 0 Å². The molecule has 0 bridgehead atoms. The Hall–Kier alpha value is -2.18. The van der Waals surface area contributed by atoms with E-state index in [0.29, 0.717) is 6.04 Å². The van der Waals surface area contributed by atoms with Crippen LogP contribution in [0.15, 0.2) is 48.8 Å². The van der Waals surface area contributed by atoms with Crippen LogP contribution in [0.1, 0.15) is 65.5 Å². The molecule has 5 nitrogen and oxygen atoms in total. The fourth-order valence-electron chi connectivity index (χ4n) is 5.22. The van der Waals surface area contributed by atoms with E-state index in [-0.39, 0.29) is 11.1 Å². The second-order valence-electron chi connectivity index (χ2n) is 10.5. The maximum absolute atomic E-state index is 5.98. The highest BCUT2D eigenvalue weighted by Crippen LogP contribution is 2.29. The minimum absolute atomic E-state index is 0.0729. The van der Waals surface area contributed by atoms with E-state index < -0.39 is 0 Å². The van der Waals surface area contributed by atoms with E-state index in [0.717, 1.165) is 49.7 Å². The molecule has 0 unspecified atom stereocenters. The van der Waals surface area contributed by atoms with E-state index in [4.69, 9.17) is 12.2 Å². The van der Waals surface area contributed by atoms with E-state index in [2.05, 4.69) is 97.3 Å². The number of thiocarbonyl (C=S) groups is 1. The lowest BCUT2D eigenvalue weighted by Gasteiger charge is -2.47. The van der Waals surface area contributed by atoms with E-state index >= 15 is 0 Å². The van der Waals surface area contributed by atoms with Crippen LogP contribution in [0.25, 0.3) is 0 Å². The lowest BCUT2D eigenvalue weighted by molar-refractivity contribution is 0.153. The van der Waals surface area contributed by atoms with Gasteiger partial charge in [-0.2, -0.15) is 0 Å². The molecule has 1 aromatic heterocycles. The van der Waals surface area contributed by atoms with Gasteiger partial charge in [-0.1, -0.05) is 18.2 Å². The number of nitrogens with zero attached hydrogens (tertiary/aromatic N) is 3. The summed E-state index contributed by atoms with van der Waals surface area (Å²) in [6.45, 7) is 17.0. The van der Waals surface area contributed by atoms with Gasteiger partial charge in [-0.3, -0.25) is 4.98 Å². The molecule has 0 spiro atoms. The molecular weight excluding hydrogens is 426 g/mol. The Balaban J connectivity index is 1.76. The van der Waals surface area contributed by atoms with Crippen LogP contribution in [0.5, 0.6) is 0 Å². The smallest absolute Gasteiger partial charge is 0.169 e. The zero-order valence-electron chi connectivity index (χ0n) is 21.2. The summed E-state index contributed by atoms with van der Waals surface area (Å²) < 4.78 is 0.